The number of carboxylic acid groups (broad SMARTS) is 1. The predicted molar refractivity (Wildman–Crippen MR) is 160 cm³/mol. The molecule has 7 nitrogen and oxygen atoms in total. The monoisotopic (exact) mass is 558 g/mol. The molecule has 40 heavy (non-hydrogen) atoms. The van der Waals surface area contributed by atoms with Gasteiger partial charge in [-0.2, -0.15) is 0 Å². The highest BCUT2D eigenvalue weighted by Gasteiger charge is 2.23. The molecule has 0 aromatic heterocycles. The van der Waals surface area contributed by atoms with Crippen LogP contribution in [-0.2, 0) is 20.9 Å². The number of nitrogens with one attached hydrogen (secondary N) is 2. The lowest BCUT2D eigenvalue weighted by Gasteiger charge is -2.28. The van der Waals surface area contributed by atoms with E-state index in [-0.39, 0.29) is 25.5 Å². The van der Waals surface area contributed by atoms with Gasteiger partial charge in [0.2, 0.25) is 5.91 Å². The summed E-state index contributed by atoms with van der Waals surface area (Å²) in [4.78, 5) is 35.8. The summed E-state index contributed by atoms with van der Waals surface area (Å²) in [6.07, 6.45) is 20.9. The van der Waals surface area contributed by atoms with Crippen LogP contribution in [0.2, 0.25) is 0 Å². The molecule has 0 unspecified atom stereocenters. The number of carboxylic acids is 1. The van der Waals surface area contributed by atoms with Crippen LogP contribution in [0.4, 0.5) is 4.79 Å². The number of ether oxygens (including phenoxy) is 1. The number of benzene rings is 1. The molecular formula is C33H54N2O5. The van der Waals surface area contributed by atoms with E-state index < -0.39 is 18.1 Å². The molecule has 226 valence electrons. The standard InChI is InChI=1S/C33H54N2O5/c1-2-3-4-5-6-7-8-9-10-12-15-27-18-20-28(21-19-27)22-23-31(36)34-25-24-30(32(37)38)35-33(39)40-26-29-16-13-11-14-17-29/h11,13-14,16-17,27-28,30H,2-10,12,15,18-26H2,1H3,(H,34,36)(H,35,39)(H,37,38)/t27?,28?,30-/m0/s1. The zero-order valence-electron chi connectivity index (χ0n) is 24.8. The molecule has 1 aromatic rings. The molecule has 0 spiro atoms. The summed E-state index contributed by atoms with van der Waals surface area (Å²) in [7, 11) is 0. The number of alkyl carbamates (subject to hydrolysis) is 1. The van der Waals surface area contributed by atoms with Crippen LogP contribution >= 0.6 is 0 Å². The Labute approximate surface area is 242 Å². The summed E-state index contributed by atoms with van der Waals surface area (Å²) in [6.45, 7) is 2.53. The summed E-state index contributed by atoms with van der Waals surface area (Å²) in [6, 6.07) is 8.07. The Bertz CT molecular complexity index is 823. The third-order valence-corrected chi connectivity index (χ3v) is 8.27. The lowest BCUT2D eigenvalue weighted by Crippen LogP contribution is -2.43. The number of aliphatic carboxylic acids is 1. The van der Waals surface area contributed by atoms with Crippen molar-refractivity contribution in [2.45, 2.75) is 135 Å². The molecule has 2 amide bonds. The molecule has 0 radical (unpaired) electrons. The van der Waals surface area contributed by atoms with Crippen molar-refractivity contribution in [1.82, 2.24) is 10.6 Å². The Morgan fingerprint density at radius 2 is 1.43 bits per heavy atom. The molecule has 0 heterocycles. The maximum absolute atomic E-state index is 12.3. The van der Waals surface area contributed by atoms with Crippen molar-refractivity contribution in [3.8, 4) is 0 Å². The van der Waals surface area contributed by atoms with E-state index in [0.29, 0.717) is 12.3 Å². The Hall–Kier alpha value is -2.57. The van der Waals surface area contributed by atoms with Crippen LogP contribution in [0.1, 0.15) is 128 Å². The molecule has 3 N–H and O–H groups in total. The number of carbonyl (C=O) groups excluding carboxylic acids is 2. The Kier molecular flexibility index (Phi) is 17.8. The number of hydrogen-bond donors (Lipinski definition) is 3. The zero-order valence-corrected chi connectivity index (χ0v) is 24.8. The average Bonchev–Trinajstić information content (AvgIpc) is 2.96. The third kappa shape index (κ3) is 15.9. The molecule has 1 fully saturated rings. The molecule has 1 aromatic carbocycles. The first-order valence-electron chi connectivity index (χ1n) is 15.9. The molecule has 0 aliphatic heterocycles. The minimum absolute atomic E-state index is 0.0525. The first-order valence-corrected chi connectivity index (χ1v) is 15.9. The van der Waals surface area contributed by atoms with E-state index in [1.807, 2.05) is 30.3 Å². The van der Waals surface area contributed by atoms with Crippen LogP contribution < -0.4 is 10.6 Å². The molecule has 1 aliphatic rings. The maximum Gasteiger partial charge on any atom is 0.408 e. The largest absolute Gasteiger partial charge is 0.480 e. The van der Waals surface area contributed by atoms with Gasteiger partial charge in [-0.1, -0.05) is 134 Å². The number of carbonyl (C=O) groups is 3. The lowest BCUT2D eigenvalue weighted by molar-refractivity contribution is -0.139. The number of hydrogen-bond acceptors (Lipinski definition) is 4. The van der Waals surface area contributed by atoms with Crippen LogP contribution in [0.5, 0.6) is 0 Å². The lowest BCUT2D eigenvalue weighted by atomic mass is 9.78. The molecule has 1 saturated carbocycles. The van der Waals surface area contributed by atoms with Crippen molar-refractivity contribution in [1.29, 1.82) is 0 Å². The maximum atomic E-state index is 12.3. The summed E-state index contributed by atoms with van der Waals surface area (Å²) >= 11 is 0. The Balaban J connectivity index is 1.47. The Morgan fingerprint density at radius 1 is 0.850 bits per heavy atom. The van der Waals surface area contributed by atoms with E-state index in [2.05, 4.69) is 17.6 Å². The van der Waals surface area contributed by atoms with Crippen molar-refractivity contribution in [3.63, 3.8) is 0 Å². The number of rotatable bonds is 21. The summed E-state index contributed by atoms with van der Waals surface area (Å²) in [5, 5.41) is 14.6. The van der Waals surface area contributed by atoms with E-state index in [9.17, 15) is 19.5 Å². The number of amides is 2. The van der Waals surface area contributed by atoms with Crippen LogP contribution in [-0.4, -0.2) is 35.7 Å². The van der Waals surface area contributed by atoms with Gasteiger partial charge < -0.3 is 20.5 Å². The van der Waals surface area contributed by atoms with E-state index in [1.165, 1.54) is 96.3 Å². The van der Waals surface area contributed by atoms with Crippen molar-refractivity contribution in [2.75, 3.05) is 6.54 Å². The van der Waals surface area contributed by atoms with E-state index in [4.69, 9.17) is 4.74 Å². The topological polar surface area (TPSA) is 105 Å². The van der Waals surface area contributed by atoms with Crippen LogP contribution in [0.3, 0.4) is 0 Å². The second-order valence-corrected chi connectivity index (χ2v) is 11.6. The highest BCUT2D eigenvalue weighted by molar-refractivity contribution is 5.80. The van der Waals surface area contributed by atoms with Crippen LogP contribution in [0.15, 0.2) is 30.3 Å². The molecule has 1 aliphatic carbocycles. The SMILES string of the molecule is CCCCCCCCCCCCC1CCC(CCC(=O)NCC[C@H](NC(=O)OCc2ccccc2)C(=O)O)CC1. The molecule has 7 heteroatoms. The van der Waals surface area contributed by atoms with Crippen molar-refractivity contribution < 1.29 is 24.2 Å². The fourth-order valence-corrected chi connectivity index (χ4v) is 5.67. The van der Waals surface area contributed by atoms with Gasteiger partial charge in [0.1, 0.15) is 12.6 Å². The van der Waals surface area contributed by atoms with E-state index in [0.717, 1.165) is 17.9 Å². The first kappa shape index (κ1) is 33.6. The molecule has 0 bridgehead atoms. The van der Waals surface area contributed by atoms with E-state index in [1.54, 1.807) is 0 Å². The minimum Gasteiger partial charge on any atom is -0.480 e. The predicted octanol–water partition coefficient (Wildman–Crippen LogP) is 7.77. The van der Waals surface area contributed by atoms with Gasteiger partial charge in [0.15, 0.2) is 0 Å². The fraction of sp³-hybridized carbons (Fsp3) is 0.727. The van der Waals surface area contributed by atoms with Gasteiger partial charge in [0.05, 0.1) is 0 Å². The van der Waals surface area contributed by atoms with Gasteiger partial charge in [-0.05, 0) is 30.2 Å². The zero-order chi connectivity index (χ0) is 28.8. The van der Waals surface area contributed by atoms with Gasteiger partial charge >= 0.3 is 12.1 Å². The van der Waals surface area contributed by atoms with Gasteiger partial charge in [0.25, 0.3) is 0 Å². The van der Waals surface area contributed by atoms with Gasteiger partial charge in [-0.25, -0.2) is 9.59 Å². The third-order valence-electron chi connectivity index (χ3n) is 8.27. The Morgan fingerprint density at radius 3 is 2.02 bits per heavy atom. The van der Waals surface area contributed by atoms with Crippen molar-refractivity contribution in [2.24, 2.45) is 11.8 Å². The highest BCUT2D eigenvalue weighted by Crippen LogP contribution is 2.34. The molecule has 0 saturated heterocycles. The quantitative estimate of drug-likeness (QED) is 0.134. The fourth-order valence-electron chi connectivity index (χ4n) is 5.67. The minimum atomic E-state index is -1.15. The van der Waals surface area contributed by atoms with Crippen LogP contribution in [0.25, 0.3) is 0 Å². The molecule has 1 atom stereocenters. The van der Waals surface area contributed by atoms with Gasteiger partial charge in [-0.3, -0.25) is 4.79 Å². The highest BCUT2D eigenvalue weighted by atomic mass is 16.5. The second kappa shape index (κ2) is 21.2. The van der Waals surface area contributed by atoms with Crippen molar-refractivity contribution >= 4 is 18.0 Å². The van der Waals surface area contributed by atoms with Crippen LogP contribution in [0, 0.1) is 11.8 Å². The van der Waals surface area contributed by atoms with Crippen molar-refractivity contribution in [3.05, 3.63) is 35.9 Å². The van der Waals surface area contributed by atoms with E-state index >= 15 is 0 Å². The second-order valence-electron chi connectivity index (χ2n) is 11.6. The van der Waals surface area contributed by atoms with Gasteiger partial charge in [-0.15, -0.1) is 0 Å². The summed E-state index contributed by atoms with van der Waals surface area (Å²) in [5.74, 6) is 0.269. The normalized spacial score (nSPS) is 17.6. The smallest absolute Gasteiger partial charge is 0.408 e. The molecule has 2 rings (SSSR count). The summed E-state index contributed by atoms with van der Waals surface area (Å²) in [5.41, 5.74) is 0.819. The number of unbranched alkanes of at least 4 members (excludes halogenated alkanes) is 9. The average molecular weight is 559 g/mol. The van der Waals surface area contributed by atoms with Gasteiger partial charge in [0, 0.05) is 13.0 Å². The summed E-state index contributed by atoms with van der Waals surface area (Å²) < 4.78 is 5.10. The molecular weight excluding hydrogens is 504 g/mol. The first-order chi connectivity index (χ1) is 19.5.